The van der Waals surface area contributed by atoms with Crippen LogP contribution in [0.1, 0.15) is 26.7 Å². The van der Waals surface area contributed by atoms with E-state index in [0.717, 1.165) is 19.6 Å². The Morgan fingerprint density at radius 3 is 2.86 bits per heavy atom. The molecule has 1 saturated heterocycles. The molecule has 14 heavy (non-hydrogen) atoms. The molecule has 0 aromatic rings. The molecule has 1 unspecified atom stereocenters. The van der Waals surface area contributed by atoms with Gasteiger partial charge in [-0.15, -0.1) is 0 Å². The molecule has 84 valence electrons. The minimum absolute atomic E-state index is 0.519. The molecule has 0 aliphatic carbocycles. The van der Waals surface area contributed by atoms with Gasteiger partial charge in [-0.1, -0.05) is 6.92 Å². The predicted molar refractivity (Wildman–Crippen MR) is 66.1 cm³/mol. The van der Waals surface area contributed by atoms with Gasteiger partial charge in [0.1, 0.15) is 0 Å². The summed E-state index contributed by atoms with van der Waals surface area (Å²) >= 11 is 2.13. The van der Waals surface area contributed by atoms with Gasteiger partial charge in [-0.3, -0.25) is 0 Å². The average Bonchev–Trinajstić information content (AvgIpc) is 2.60. The fourth-order valence-corrected chi connectivity index (χ4v) is 3.03. The Morgan fingerprint density at radius 2 is 2.29 bits per heavy atom. The van der Waals surface area contributed by atoms with Crippen LogP contribution in [-0.4, -0.2) is 48.6 Å². The minimum Gasteiger partial charge on any atom is -0.314 e. The van der Waals surface area contributed by atoms with Crippen LogP contribution in [0, 0.1) is 0 Å². The lowest BCUT2D eigenvalue weighted by Gasteiger charge is -2.23. The van der Waals surface area contributed by atoms with Crippen molar-refractivity contribution in [2.24, 2.45) is 0 Å². The Hall–Kier alpha value is 0.270. The molecule has 0 spiro atoms. The van der Waals surface area contributed by atoms with E-state index >= 15 is 0 Å². The van der Waals surface area contributed by atoms with Gasteiger partial charge in [0.15, 0.2) is 0 Å². The van der Waals surface area contributed by atoms with E-state index in [-0.39, 0.29) is 0 Å². The molecule has 1 atom stereocenters. The largest absolute Gasteiger partial charge is 0.314 e. The van der Waals surface area contributed by atoms with Crippen LogP contribution in [0.15, 0.2) is 0 Å². The summed E-state index contributed by atoms with van der Waals surface area (Å²) in [6.45, 7) is 9.20. The SMILES string of the molecule is CCN(C)CCNCC1(C)CCCS1. The topological polar surface area (TPSA) is 15.3 Å². The van der Waals surface area contributed by atoms with Gasteiger partial charge in [0.05, 0.1) is 0 Å². The summed E-state index contributed by atoms with van der Waals surface area (Å²) in [6.07, 6.45) is 2.78. The molecule has 0 aromatic heterocycles. The monoisotopic (exact) mass is 216 g/mol. The van der Waals surface area contributed by atoms with Gasteiger partial charge < -0.3 is 10.2 Å². The summed E-state index contributed by atoms with van der Waals surface area (Å²) in [5.41, 5.74) is 0. The molecule has 0 aromatic carbocycles. The van der Waals surface area contributed by atoms with Crippen LogP contribution in [0.5, 0.6) is 0 Å². The summed E-state index contributed by atoms with van der Waals surface area (Å²) in [7, 11) is 2.17. The van der Waals surface area contributed by atoms with E-state index in [2.05, 4.69) is 42.9 Å². The second-order valence-corrected chi connectivity index (χ2v) is 6.16. The van der Waals surface area contributed by atoms with Crippen LogP contribution >= 0.6 is 11.8 Å². The number of rotatable bonds is 6. The zero-order valence-corrected chi connectivity index (χ0v) is 10.6. The molecule has 0 bridgehead atoms. The van der Waals surface area contributed by atoms with Crippen LogP contribution in [0.3, 0.4) is 0 Å². The summed E-state index contributed by atoms with van der Waals surface area (Å²) < 4.78 is 0.519. The highest BCUT2D eigenvalue weighted by atomic mass is 32.2. The van der Waals surface area contributed by atoms with Crippen molar-refractivity contribution in [1.82, 2.24) is 10.2 Å². The lowest BCUT2D eigenvalue weighted by atomic mass is 10.1. The Kier molecular flexibility index (Phi) is 5.28. The third-order valence-corrected chi connectivity index (χ3v) is 4.55. The normalized spacial score (nSPS) is 27.4. The Balaban J connectivity index is 2.03. The van der Waals surface area contributed by atoms with Gasteiger partial charge in [0.2, 0.25) is 0 Å². The van der Waals surface area contributed by atoms with Gasteiger partial charge in [-0.25, -0.2) is 0 Å². The standard InChI is InChI=1S/C11H24N2S/c1-4-13(3)8-7-12-10-11(2)6-5-9-14-11/h12H,4-10H2,1-3H3. The van der Waals surface area contributed by atoms with Crippen LogP contribution in [0.2, 0.25) is 0 Å². The second-order valence-electron chi connectivity index (χ2n) is 4.47. The quantitative estimate of drug-likeness (QED) is 0.682. The summed E-state index contributed by atoms with van der Waals surface area (Å²) in [4.78, 5) is 2.34. The minimum atomic E-state index is 0.519. The van der Waals surface area contributed by atoms with Crippen molar-refractivity contribution in [3.8, 4) is 0 Å². The zero-order valence-electron chi connectivity index (χ0n) is 9.81. The first-order valence-corrected chi connectivity index (χ1v) is 6.68. The van der Waals surface area contributed by atoms with Crippen LogP contribution in [0.4, 0.5) is 0 Å². The van der Waals surface area contributed by atoms with Crippen molar-refractivity contribution >= 4 is 11.8 Å². The van der Waals surface area contributed by atoms with Crippen molar-refractivity contribution in [1.29, 1.82) is 0 Å². The van der Waals surface area contributed by atoms with Gasteiger partial charge in [0, 0.05) is 24.4 Å². The van der Waals surface area contributed by atoms with Gasteiger partial charge in [-0.05, 0) is 39.1 Å². The molecule has 1 N–H and O–H groups in total. The first-order chi connectivity index (χ1) is 6.66. The Labute approximate surface area is 92.8 Å². The molecule has 1 rings (SSSR count). The number of hydrogen-bond donors (Lipinski definition) is 1. The Bertz CT molecular complexity index is 155. The highest BCUT2D eigenvalue weighted by molar-refractivity contribution is 8.00. The smallest absolute Gasteiger partial charge is 0.0256 e. The van der Waals surface area contributed by atoms with E-state index in [1.807, 2.05) is 0 Å². The molecule has 0 amide bonds. The van der Waals surface area contributed by atoms with Crippen LogP contribution < -0.4 is 5.32 Å². The first-order valence-electron chi connectivity index (χ1n) is 5.69. The number of thioether (sulfide) groups is 1. The predicted octanol–water partition coefficient (Wildman–Crippen LogP) is 1.81. The van der Waals surface area contributed by atoms with Crippen LogP contribution in [-0.2, 0) is 0 Å². The average molecular weight is 216 g/mol. The van der Waals surface area contributed by atoms with E-state index in [1.165, 1.54) is 25.1 Å². The molecule has 2 nitrogen and oxygen atoms in total. The first kappa shape index (κ1) is 12.3. The number of hydrogen-bond acceptors (Lipinski definition) is 3. The zero-order chi connectivity index (χ0) is 10.4. The third kappa shape index (κ3) is 4.20. The fourth-order valence-electron chi connectivity index (χ4n) is 1.76. The van der Waals surface area contributed by atoms with E-state index in [9.17, 15) is 0 Å². The molecule has 0 radical (unpaired) electrons. The maximum atomic E-state index is 3.57. The van der Waals surface area contributed by atoms with Crippen molar-refractivity contribution in [3.63, 3.8) is 0 Å². The summed E-state index contributed by atoms with van der Waals surface area (Å²) in [5, 5.41) is 3.57. The maximum Gasteiger partial charge on any atom is 0.0256 e. The molecular formula is C11H24N2S. The van der Waals surface area contributed by atoms with E-state index in [1.54, 1.807) is 0 Å². The molecule has 3 heteroatoms. The highest BCUT2D eigenvalue weighted by Crippen LogP contribution is 2.36. The van der Waals surface area contributed by atoms with Crippen molar-refractivity contribution in [2.75, 3.05) is 39.0 Å². The van der Waals surface area contributed by atoms with E-state index in [0.29, 0.717) is 4.75 Å². The van der Waals surface area contributed by atoms with Crippen molar-refractivity contribution in [2.45, 2.75) is 31.4 Å². The lowest BCUT2D eigenvalue weighted by molar-refractivity contribution is 0.346. The molecular weight excluding hydrogens is 192 g/mol. The Morgan fingerprint density at radius 1 is 1.50 bits per heavy atom. The highest BCUT2D eigenvalue weighted by Gasteiger charge is 2.28. The second kappa shape index (κ2) is 5.99. The molecule has 1 aliphatic heterocycles. The summed E-state index contributed by atoms with van der Waals surface area (Å²) in [5.74, 6) is 1.35. The van der Waals surface area contributed by atoms with Gasteiger partial charge in [0.25, 0.3) is 0 Å². The number of nitrogens with one attached hydrogen (secondary N) is 1. The van der Waals surface area contributed by atoms with Gasteiger partial charge >= 0.3 is 0 Å². The van der Waals surface area contributed by atoms with Crippen molar-refractivity contribution in [3.05, 3.63) is 0 Å². The lowest BCUT2D eigenvalue weighted by Crippen LogP contribution is -2.37. The molecule has 1 heterocycles. The van der Waals surface area contributed by atoms with Gasteiger partial charge in [-0.2, -0.15) is 11.8 Å². The molecule has 1 aliphatic rings. The maximum absolute atomic E-state index is 3.57. The number of likely N-dealkylation sites (N-methyl/N-ethyl adjacent to an activating group) is 1. The third-order valence-electron chi connectivity index (χ3n) is 3.01. The molecule has 0 saturated carbocycles. The fraction of sp³-hybridized carbons (Fsp3) is 1.00. The summed E-state index contributed by atoms with van der Waals surface area (Å²) in [6, 6.07) is 0. The molecule has 1 fully saturated rings. The van der Waals surface area contributed by atoms with E-state index < -0.39 is 0 Å². The van der Waals surface area contributed by atoms with Crippen LogP contribution in [0.25, 0.3) is 0 Å². The van der Waals surface area contributed by atoms with E-state index in [4.69, 9.17) is 0 Å². The van der Waals surface area contributed by atoms with Crippen molar-refractivity contribution < 1.29 is 0 Å². The number of nitrogens with zero attached hydrogens (tertiary/aromatic N) is 1.